The number of ether oxygens (including phenoxy) is 3. The summed E-state index contributed by atoms with van der Waals surface area (Å²) in [6.07, 6.45) is 0. The lowest BCUT2D eigenvalue weighted by Crippen LogP contribution is -2.11. The van der Waals surface area contributed by atoms with Crippen molar-refractivity contribution in [1.82, 2.24) is 0 Å². The molecular weight excluding hydrogens is 332 g/mol. The van der Waals surface area contributed by atoms with Crippen LogP contribution < -0.4 is 14.2 Å². The molecular formula is C21H14O5. The van der Waals surface area contributed by atoms with E-state index in [1.54, 1.807) is 24.3 Å². The summed E-state index contributed by atoms with van der Waals surface area (Å²) in [6.45, 7) is 0.128. The Morgan fingerprint density at radius 1 is 0.885 bits per heavy atom. The smallest absolute Gasteiger partial charge is 0.231 e. The van der Waals surface area contributed by atoms with Crippen LogP contribution in [0.15, 0.2) is 65.1 Å². The third kappa shape index (κ3) is 2.45. The standard InChI is InChI=1S/C21H14O5/c22-17(13-5-7-20-21(9-13)25-12-24-20)11-23-14-6-8-19-16(10-14)15-3-1-2-4-18(15)26-19/h1-10H,11-12H2. The number of furan rings is 1. The van der Waals surface area contributed by atoms with Gasteiger partial charge in [-0.25, -0.2) is 0 Å². The SMILES string of the molecule is O=C(COc1ccc2oc3ccccc3c2c1)c1ccc2c(c1)OCO2. The summed E-state index contributed by atoms with van der Waals surface area (Å²) < 4.78 is 22.1. The van der Waals surface area contributed by atoms with Crippen molar-refractivity contribution in [3.05, 3.63) is 66.2 Å². The lowest BCUT2D eigenvalue weighted by Gasteiger charge is -2.06. The van der Waals surface area contributed by atoms with Gasteiger partial charge >= 0.3 is 0 Å². The van der Waals surface area contributed by atoms with Gasteiger partial charge in [-0.15, -0.1) is 0 Å². The molecule has 0 unspecified atom stereocenters. The molecule has 128 valence electrons. The zero-order chi connectivity index (χ0) is 17.5. The molecule has 26 heavy (non-hydrogen) atoms. The molecule has 0 fully saturated rings. The monoisotopic (exact) mass is 346 g/mol. The van der Waals surface area contributed by atoms with Crippen molar-refractivity contribution in [1.29, 1.82) is 0 Å². The normalized spacial score (nSPS) is 12.6. The fourth-order valence-corrected chi connectivity index (χ4v) is 3.10. The second-order valence-corrected chi connectivity index (χ2v) is 6.04. The molecule has 0 saturated heterocycles. The molecule has 0 aliphatic carbocycles. The van der Waals surface area contributed by atoms with Crippen LogP contribution in [-0.4, -0.2) is 19.2 Å². The lowest BCUT2D eigenvalue weighted by atomic mass is 10.1. The van der Waals surface area contributed by atoms with Gasteiger partial charge in [0.15, 0.2) is 23.9 Å². The first-order valence-electron chi connectivity index (χ1n) is 8.25. The summed E-state index contributed by atoms with van der Waals surface area (Å²) >= 11 is 0. The molecule has 4 aromatic rings. The van der Waals surface area contributed by atoms with Gasteiger partial charge in [-0.1, -0.05) is 18.2 Å². The van der Waals surface area contributed by atoms with Gasteiger partial charge < -0.3 is 18.6 Å². The molecule has 0 amide bonds. The van der Waals surface area contributed by atoms with Crippen molar-refractivity contribution >= 4 is 27.7 Å². The Kier molecular flexibility index (Phi) is 3.31. The van der Waals surface area contributed by atoms with Crippen LogP contribution >= 0.6 is 0 Å². The molecule has 1 aromatic heterocycles. The van der Waals surface area contributed by atoms with E-state index in [0.29, 0.717) is 22.8 Å². The number of benzene rings is 3. The number of carbonyl (C=O) groups excluding carboxylic acids is 1. The van der Waals surface area contributed by atoms with E-state index in [0.717, 1.165) is 21.9 Å². The minimum Gasteiger partial charge on any atom is -0.485 e. The highest BCUT2D eigenvalue weighted by Crippen LogP contribution is 2.33. The summed E-state index contributed by atoms with van der Waals surface area (Å²) in [5, 5.41) is 1.99. The minimum atomic E-state index is -0.125. The maximum absolute atomic E-state index is 12.4. The van der Waals surface area contributed by atoms with E-state index in [1.165, 1.54) is 0 Å². The molecule has 0 spiro atoms. The third-order valence-electron chi connectivity index (χ3n) is 4.41. The highest BCUT2D eigenvalue weighted by molar-refractivity contribution is 6.05. The van der Waals surface area contributed by atoms with Crippen LogP contribution in [-0.2, 0) is 0 Å². The Balaban J connectivity index is 1.37. The van der Waals surface area contributed by atoms with Gasteiger partial charge in [0.25, 0.3) is 0 Å². The van der Waals surface area contributed by atoms with Crippen LogP contribution in [0.2, 0.25) is 0 Å². The number of hydrogen-bond donors (Lipinski definition) is 0. The second kappa shape index (κ2) is 5.81. The first kappa shape index (κ1) is 14.8. The van der Waals surface area contributed by atoms with Gasteiger partial charge in [-0.05, 0) is 42.5 Å². The highest BCUT2D eigenvalue weighted by Gasteiger charge is 2.16. The fourth-order valence-electron chi connectivity index (χ4n) is 3.10. The summed E-state index contributed by atoms with van der Waals surface area (Å²) in [7, 11) is 0. The van der Waals surface area contributed by atoms with E-state index in [4.69, 9.17) is 18.6 Å². The van der Waals surface area contributed by atoms with Crippen molar-refractivity contribution in [2.24, 2.45) is 0 Å². The molecule has 0 N–H and O–H groups in total. The van der Waals surface area contributed by atoms with Gasteiger partial charge in [0.2, 0.25) is 6.79 Å². The Hall–Kier alpha value is -3.47. The Bertz CT molecular complexity index is 1140. The molecule has 0 saturated carbocycles. The number of Topliss-reactive ketones (excluding diaryl/α,β-unsaturated/α-hetero) is 1. The van der Waals surface area contributed by atoms with Gasteiger partial charge in [0.05, 0.1) is 0 Å². The average molecular weight is 346 g/mol. The Morgan fingerprint density at radius 3 is 2.69 bits per heavy atom. The van der Waals surface area contributed by atoms with Crippen LogP contribution in [0.5, 0.6) is 17.2 Å². The average Bonchev–Trinajstić information content (AvgIpc) is 3.29. The van der Waals surface area contributed by atoms with Crippen molar-refractivity contribution < 1.29 is 23.4 Å². The predicted octanol–water partition coefficient (Wildman–Crippen LogP) is 4.58. The van der Waals surface area contributed by atoms with E-state index in [2.05, 4.69) is 0 Å². The fraction of sp³-hybridized carbons (Fsp3) is 0.0952. The largest absolute Gasteiger partial charge is 0.485 e. The quantitative estimate of drug-likeness (QED) is 0.506. The van der Waals surface area contributed by atoms with E-state index < -0.39 is 0 Å². The number of para-hydroxylation sites is 1. The lowest BCUT2D eigenvalue weighted by molar-refractivity contribution is 0.0921. The van der Waals surface area contributed by atoms with Crippen molar-refractivity contribution in [2.45, 2.75) is 0 Å². The second-order valence-electron chi connectivity index (χ2n) is 6.04. The number of ketones is 1. The maximum Gasteiger partial charge on any atom is 0.231 e. The zero-order valence-corrected chi connectivity index (χ0v) is 13.7. The molecule has 1 aliphatic heterocycles. The topological polar surface area (TPSA) is 57.9 Å². The van der Waals surface area contributed by atoms with Crippen molar-refractivity contribution in [3.8, 4) is 17.2 Å². The summed E-state index contributed by atoms with van der Waals surface area (Å²) in [4.78, 5) is 12.4. The maximum atomic E-state index is 12.4. The molecule has 5 rings (SSSR count). The van der Waals surface area contributed by atoms with Crippen molar-refractivity contribution in [2.75, 3.05) is 13.4 Å². The zero-order valence-electron chi connectivity index (χ0n) is 13.7. The number of hydrogen-bond acceptors (Lipinski definition) is 5. The van der Waals surface area contributed by atoms with Gasteiger partial charge in [0, 0.05) is 16.3 Å². The molecule has 0 atom stereocenters. The van der Waals surface area contributed by atoms with E-state index in [1.807, 2.05) is 36.4 Å². The number of rotatable bonds is 4. The third-order valence-corrected chi connectivity index (χ3v) is 4.41. The summed E-state index contributed by atoms with van der Waals surface area (Å²) in [6, 6.07) is 18.5. The van der Waals surface area contributed by atoms with Crippen LogP contribution in [0.3, 0.4) is 0 Å². The number of carbonyl (C=O) groups is 1. The molecule has 5 nitrogen and oxygen atoms in total. The predicted molar refractivity (Wildman–Crippen MR) is 96.1 cm³/mol. The first-order valence-corrected chi connectivity index (χ1v) is 8.25. The van der Waals surface area contributed by atoms with Crippen LogP contribution in [0.1, 0.15) is 10.4 Å². The molecule has 5 heteroatoms. The molecule has 0 radical (unpaired) electrons. The summed E-state index contributed by atoms with van der Waals surface area (Å²) in [5.41, 5.74) is 2.15. The molecule has 2 heterocycles. The molecule has 1 aliphatic rings. The molecule has 0 bridgehead atoms. The van der Waals surface area contributed by atoms with Gasteiger partial charge in [0.1, 0.15) is 16.9 Å². The first-order chi connectivity index (χ1) is 12.8. The van der Waals surface area contributed by atoms with Crippen LogP contribution in [0.4, 0.5) is 0 Å². The molecule has 3 aromatic carbocycles. The van der Waals surface area contributed by atoms with Crippen LogP contribution in [0.25, 0.3) is 21.9 Å². The van der Waals surface area contributed by atoms with E-state index in [9.17, 15) is 4.79 Å². The van der Waals surface area contributed by atoms with Gasteiger partial charge in [-0.2, -0.15) is 0 Å². The van der Waals surface area contributed by atoms with Crippen molar-refractivity contribution in [3.63, 3.8) is 0 Å². The highest BCUT2D eigenvalue weighted by atomic mass is 16.7. The number of fused-ring (bicyclic) bond motifs is 4. The van der Waals surface area contributed by atoms with Gasteiger partial charge in [-0.3, -0.25) is 4.79 Å². The Morgan fingerprint density at radius 2 is 1.73 bits per heavy atom. The van der Waals surface area contributed by atoms with E-state index in [-0.39, 0.29) is 19.2 Å². The summed E-state index contributed by atoms with van der Waals surface area (Å²) in [5.74, 6) is 1.74. The Labute approximate surface area is 148 Å². The minimum absolute atomic E-state index is 0.0546. The van der Waals surface area contributed by atoms with E-state index >= 15 is 0 Å². The van der Waals surface area contributed by atoms with Crippen LogP contribution in [0, 0.1) is 0 Å².